The number of esters is 1. The quantitative estimate of drug-likeness (QED) is 0.369. The molecule has 1 radical (unpaired) electrons. The van der Waals surface area contributed by atoms with Gasteiger partial charge in [0.15, 0.2) is 0 Å². The van der Waals surface area contributed by atoms with Crippen molar-refractivity contribution in [2.75, 3.05) is 14.2 Å². The van der Waals surface area contributed by atoms with E-state index in [9.17, 15) is 9.59 Å². The smallest absolute Gasteiger partial charge is 0.418 e. The van der Waals surface area contributed by atoms with Gasteiger partial charge < -0.3 is 18.9 Å². The number of ether oxygens (including phenoxy) is 4. The van der Waals surface area contributed by atoms with E-state index in [1.54, 1.807) is 53.2 Å². The fraction of sp³-hybridized carbons (Fsp3) is 0.286. The second-order valence-corrected chi connectivity index (χ2v) is 8.62. The molecule has 0 saturated heterocycles. The summed E-state index contributed by atoms with van der Waals surface area (Å²) in [5, 5.41) is 0. The van der Waals surface area contributed by atoms with Crippen molar-refractivity contribution in [2.24, 2.45) is 0 Å². The van der Waals surface area contributed by atoms with Crippen molar-refractivity contribution in [2.45, 2.75) is 38.4 Å². The van der Waals surface area contributed by atoms with Gasteiger partial charge in [-0.3, -0.25) is 4.79 Å². The number of carbonyl (C=O) groups is 1. The molecule has 0 fully saturated rings. The van der Waals surface area contributed by atoms with Crippen LogP contribution in [0.4, 0.5) is 0 Å². The van der Waals surface area contributed by atoms with Gasteiger partial charge in [0.05, 0.1) is 20.6 Å². The van der Waals surface area contributed by atoms with E-state index in [1.165, 1.54) is 6.47 Å². The predicted molar refractivity (Wildman–Crippen MR) is 129 cm³/mol. The number of carbonyl (C=O) groups excluding carboxylic acids is 2. The van der Waals surface area contributed by atoms with Crippen LogP contribution in [0.2, 0.25) is 0 Å². The minimum absolute atomic E-state index is 0.183. The Morgan fingerprint density at radius 2 is 1.35 bits per heavy atom. The molecular weight excluding hydrogens is 432 g/mol. The lowest BCUT2D eigenvalue weighted by molar-refractivity contribution is -0.162. The third-order valence-corrected chi connectivity index (χ3v) is 5.77. The molecule has 0 saturated carbocycles. The van der Waals surface area contributed by atoms with E-state index in [-0.39, 0.29) is 6.42 Å². The Morgan fingerprint density at radius 1 is 0.794 bits per heavy atom. The Hall–Kier alpha value is -3.80. The first-order chi connectivity index (χ1) is 16.2. The Morgan fingerprint density at radius 3 is 1.88 bits per heavy atom. The summed E-state index contributed by atoms with van der Waals surface area (Å²) in [5.74, 6) is 0.637. The van der Waals surface area contributed by atoms with Gasteiger partial charge in [-0.15, -0.1) is 0 Å². The maximum Gasteiger partial charge on any atom is 0.418 e. The van der Waals surface area contributed by atoms with Crippen molar-refractivity contribution >= 4 is 12.4 Å². The van der Waals surface area contributed by atoms with E-state index in [0.717, 1.165) is 11.1 Å². The van der Waals surface area contributed by atoms with Gasteiger partial charge in [0.25, 0.3) is 0 Å². The first-order valence-corrected chi connectivity index (χ1v) is 10.9. The molecule has 0 spiro atoms. The van der Waals surface area contributed by atoms with Crippen LogP contribution in [-0.4, -0.2) is 26.7 Å². The van der Waals surface area contributed by atoms with E-state index >= 15 is 0 Å². The largest absolute Gasteiger partial charge is 0.497 e. The molecule has 6 heteroatoms. The molecule has 1 unspecified atom stereocenters. The van der Waals surface area contributed by atoms with Crippen molar-refractivity contribution in [3.05, 3.63) is 83.9 Å². The van der Waals surface area contributed by atoms with Gasteiger partial charge in [0.1, 0.15) is 22.7 Å². The van der Waals surface area contributed by atoms with E-state index < -0.39 is 17.2 Å². The average molecular weight is 462 g/mol. The molecule has 34 heavy (non-hydrogen) atoms. The second-order valence-electron chi connectivity index (χ2n) is 8.62. The summed E-state index contributed by atoms with van der Waals surface area (Å²) in [6.45, 7) is 6.71. The van der Waals surface area contributed by atoms with Crippen LogP contribution in [0.3, 0.4) is 0 Å². The standard InChI is InChI=1S/C28H29O6/c1-27(2,23-15-24(31-4)17-25(16-23)32-5)34-26(30)18-28(3,33-19-29)22-13-11-21(12-14-22)20-9-7-6-8-10-20/h6-17H,18H2,1-5H3. The highest BCUT2D eigenvalue weighted by atomic mass is 16.6. The summed E-state index contributed by atoms with van der Waals surface area (Å²) in [6.07, 6.45) is -0.183. The number of hydrogen-bond acceptors (Lipinski definition) is 6. The summed E-state index contributed by atoms with van der Waals surface area (Å²) in [5.41, 5.74) is 1.21. The summed E-state index contributed by atoms with van der Waals surface area (Å²) in [4.78, 5) is 24.2. The fourth-order valence-electron chi connectivity index (χ4n) is 3.74. The summed E-state index contributed by atoms with van der Waals surface area (Å²) >= 11 is 0. The van der Waals surface area contributed by atoms with Crippen molar-refractivity contribution in [1.29, 1.82) is 0 Å². The zero-order valence-corrected chi connectivity index (χ0v) is 20.1. The monoisotopic (exact) mass is 461 g/mol. The van der Waals surface area contributed by atoms with Crippen LogP contribution in [0.25, 0.3) is 11.1 Å². The Bertz CT molecular complexity index is 1100. The lowest BCUT2D eigenvalue weighted by Crippen LogP contribution is -2.33. The van der Waals surface area contributed by atoms with Gasteiger partial charge in [-0.2, -0.15) is 0 Å². The molecule has 3 aromatic rings. The lowest BCUT2D eigenvalue weighted by atomic mass is 9.90. The minimum atomic E-state index is -1.24. The van der Waals surface area contributed by atoms with Crippen molar-refractivity contribution < 1.29 is 28.5 Å². The third kappa shape index (κ3) is 5.76. The number of rotatable bonds is 10. The molecule has 0 N–H and O–H groups in total. The number of hydrogen-bond donors (Lipinski definition) is 0. The maximum atomic E-state index is 13.0. The minimum Gasteiger partial charge on any atom is -0.497 e. The average Bonchev–Trinajstić information content (AvgIpc) is 2.84. The Kier molecular flexibility index (Phi) is 7.61. The van der Waals surface area contributed by atoms with Crippen LogP contribution < -0.4 is 9.47 Å². The third-order valence-electron chi connectivity index (χ3n) is 5.77. The fourth-order valence-corrected chi connectivity index (χ4v) is 3.74. The molecule has 0 heterocycles. The van der Waals surface area contributed by atoms with Gasteiger partial charge in [0.2, 0.25) is 0 Å². The normalized spacial score (nSPS) is 12.9. The molecule has 0 aliphatic carbocycles. The predicted octanol–water partition coefficient (Wildman–Crippen LogP) is 5.54. The number of methoxy groups -OCH3 is 2. The van der Waals surface area contributed by atoms with Gasteiger partial charge in [0, 0.05) is 11.6 Å². The molecule has 6 nitrogen and oxygen atoms in total. The van der Waals surface area contributed by atoms with E-state index in [4.69, 9.17) is 18.9 Å². The van der Waals surface area contributed by atoms with Gasteiger partial charge in [-0.05, 0) is 49.6 Å². The lowest BCUT2D eigenvalue weighted by Gasteiger charge is -2.31. The molecule has 3 rings (SSSR count). The first-order valence-electron chi connectivity index (χ1n) is 10.9. The highest BCUT2D eigenvalue weighted by molar-refractivity contribution is 5.72. The van der Waals surface area contributed by atoms with Crippen LogP contribution in [0.5, 0.6) is 11.5 Å². The van der Waals surface area contributed by atoms with Gasteiger partial charge >= 0.3 is 12.4 Å². The molecule has 0 bridgehead atoms. The molecule has 3 aromatic carbocycles. The summed E-state index contributed by atoms with van der Waals surface area (Å²) in [6, 6.07) is 22.7. The zero-order chi connectivity index (χ0) is 24.8. The molecule has 0 aliphatic heterocycles. The van der Waals surface area contributed by atoms with Crippen LogP contribution in [0, 0.1) is 0 Å². The summed E-state index contributed by atoms with van der Waals surface area (Å²) < 4.78 is 21.8. The van der Waals surface area contributed by atoms with Crippen LogP contribution in [0.15, 0.2) is 72.8 Å². The van der Waals surface area contributed by atoms with Crippen molar-refractivity contribution in [3.63, 3.8) is 0 Å². The van der Waals surface area contributed by atoms with Crippen LogP contribution in [-0.2, 0) is 30.3 Å². The van der Waals surface area contributed by atoms with Crippen molar-refractivity contribution in [3.8, 4) is 22.6 Å². The molecule has 1 atom stereocenters. The molecule has 0 amide bonds. The van der Waals surface area contributed by atoms with Crippen LogP contribution in [0.1, 0.15) is 38.3 Å². The number of benzene rings is 3. The molecule has 0 aliphatic rings. The van der Waals surface area contributed by atoms with Crippen molar-refractivity contribution in [1.82, 2.24) is 0 Å². The first kappa shape index (κ1) is 24.8. The highest BCUT2D eigenvalue weighted by Gasteiger charge is 2.36. The van der Waals surface area contributed by atoms with Gasteiger partial charge in [-0.25, -0.2) is 4.79 Å². The molecule has 0 aromatic heterocycles. The van der Waals surface area contributed by atoms with Crippen LogP contribution >= 0.6 is 0 Å². The maximum absolute atomic E-state index is 13.0. The van der Waals surface area contributed by atoms with E-state index in [1.807, 2.05) is 54.6 Å². The Labute approximate surface area is 200 Å². The highest BCUT2D eigenvalue weighted by Crippen LogP contribution is 2.35. The topological polar surface area (TPSA) is 71.1 Å². The van der Waals surface area contributed by atoms with E-state index in [2.05, 4.69) is 0 Å². The second kappa shape index (κ2) is 10.4. The van der Waals surface area contributed by atoms with Gasteiger partial charge in [-0.1, -0.05) is 54.6 Å². The zero-order valence-electron chi connectivity index (χ0n) is 20.1. The summed E-state index contributed by atoms with van der Waals surface area (Å²) in [7, 11) is 3.11. The molecular formula is C28H29O6. The Balaban J connectivity index is 1.81. The molecule has 177 valence electrons. The SMILES string of the molecule is COc1cc(OC)cc(C(C)(C)OC(=O)CC(C)(O[C]=O)c2ccc(-c3ccccc3)cc2)c1. The van der Waals surface area contributed by atoms with E-state index in [0.29, 0.717) is 22.6 Å².